The maximum atomic E-state index is 6.88. The number of aryl methyl sites for hydroxylation is 3. The highest BCUT2D eigenvalue weighted by Gasteiger charge is 2.26. The Hall–Kier alpha value is -9.45. The van der Waals surface area contributed by atoms with Gasteiger partial charge in [-0.15, -0.1) is 0 Å². The first-order valence-electron chi connectivity index (χ1n) is 25.5. The zero-order chi connectivity index (χ0) is 54.8. The van der Waals surface area contributed by atoms with Crippen LogP contribution in [0.2, 0.25) is 0 Å². The molecular formula is C60H66N12O6. The van der Waals surface area contributed by atoms with Crippen molar-refractivity contribution in [3.63, 3.8) is 0 Å². The van der Waals surface area contributed by atoms with Crippen LogP contribution >= 0.6 is 0 Å². The molecule has 1 aliphatic carbocycles. The van der Waals surface area contributed by atoms with Gasteiger partial charge in [-0.1, -0.05) is 0 Å². The highest BCUT2D eigenvalue weighted by molar-refractivity contribution is 5.66. The Kier molecular flexibility index (Phi) is 14.7. The third kappa shape index (κ3) is 11.0. The predicted molar refractivity (Wildman–Crippen MR) is 304 cm³/mol. The summed E-state index contributed by atoms with van der Waals surface area (Å²) in [5.74, 6) is 5.95. The standard InChI is InChI=1S/C60H66N12O6/c1-70-10-7-67-52(70)31-76-58-40-13-34-19-46(61)21-36(55(34)73-4)15-42-27-50(65)29-44(59(42)77-32-53-68-8-11-71(53)2)17-38-23-48(63)24-39(57(38)75-6)18-45-30-51(66)28-43(60(45)78-33-54-69-9-12-72(54)3)16-37-22-47(62)20-35(56(37)74-5)14-41(58)26-49(64)25-40/h7-12,19-30H,13-18,31-33,61-66H2,1-6H3. The van der Waals surface area contributed by atoms with E-state index in [2.05, 4.69) is 15.0 Å². The highest BCUT2D eigenvalue weighted by atomic mass is 16.5. The normalized spacial score (nSPS) is 12.4. The van der Waals surface area contributed by atoms with E-state index in [-0.39, 0.29) is 19.8 Å². The number of ether oxygens (including phenoxy) is 6. The third-order valence-corrected chi connectivity index (χ3v) is 14.3. The molecule has 1 aliphatic rings. The van der Waals surface area contributed by atoms with E-state index in [1.165, 1.54) is 0 Å². The van der Waals surface area contributed by atoms with Crippen LogP contribution in [0.25, 0.3) is 0 Å². The summed E-state index contributed by atoms with van der Waals surface area (Å²) in [7, 11) is 10.8. The molecule has 6 aromatic carbocycles. The lowest BCUT2D eigenvalue weighted by Crippen LogP contribution is -2.11. The predicted octanol–water partition coefficient (Wildman–Crippen LogP) is 8.00. The summed E-state index contributed by atoms with van der Waals surface area (Å²) in [5.41, 5.74) is 54.1. The van der Waals surface area contributed by atoms with Crippen molar-refractivity contribution < 1.29 is 28.4 Å². The second-order valence-electron chi connectivity index (χ2n) is 19.9. The molecule has 0 unspecified atom stereocenters. The van der Waals surface area contributed by atoms with E-state index >= 15 is 0 Å². The van der Waals surface area contributed by atoms with E-state index in [0.717, 1.165) is 84.2 Å². The topological polar surface area (TPSA) is 265 Å². The number of nitrogen functional groups attached to an aromatic ring is 6. The van der Waals surface area contributed by atoms with Crippen LogP contribution in [0.15, 0.2) is 110 Å². The van der Waals surface area contributed by atoms with Crippen molar-refractivity contribution in [3.8, 4) is 34.5 Å². The minimum Gasteiger partial charge on any atom is -0.496 e. The van der Waals surface area contributed by atoms with Crippen LogP contribution in [-0.4, -0.2) is 50.0 Å². The monoisotopic (exact) mass is 1050 g/mol. The van der Waals surface area contributed by atoms with E-state index in [1.54, 1.807) is 39.9 Å². The molecule has 0 fully saturated rings. The Morgan fingerprint density at radius 1 is 0.321 bits per heavy atom. The molecule has 18 heteroatoms. The number of rotatable bonds is 12. The number of anilines is 6. The van der Waals surface area contributed by atoms with Crippen LogP contribution < -0.4 is 62.8 Å². The van der Waals surface area contributed by atoms with Crippen molar-refractivity contribution in [2.45, 2.75) is 58.3 Å². The second-order valence-corrected chi connectivity index (χ2v) is 19.9. The van der Waals surface area contributed by atoms with Gasteiger partial charge in [0.1, 0.15) is 71.8 Å². The van der Waals surface area contributed by atoms with E-state index in [0.29, 0.717) is 107 Å². The second kappa shape index (κ2) is 22.0. The highest BCUT2D eigenvalue weighted by Crippen LogP contribution is 2.43. The molecule has 12 N–H and O–H groups in total. The number of methoxy groups -OCH3 is 3. The molecule has 0 radical (unpaired) electrons. The van der Waals surface area contributed by atoms with Gasteiger partial charge in [-0.2, -0.15) is 0 Å². The van der Waals surface area contributed by atoms with Crippen LogP contribution in [-0.2, 0) is 79.5 Å². The molecule has 12 bridgehead atoms. The number of hydrogen-bond donors (Lipinski definition) is 6. The molecule has 0 atom stereocenters. The lowest BCUT2D eigenvalue weighted by Gasteiger charge is -2.23. The summed E-state index contributed by atoms with van der Waals surface area (Å²) in [4.78, 5) is 13.7. The van der Waals surface area contributed by atoms with Gasteiger partial charge in [-0.05, 0) is 72.8 Å². The van der Waals surface area contributed by atoms with Crippen molar-refractivity contribution in [3.05, 3.63) is 194 Å². The lowest BCUT2D eigenvalue weighted by molar-refractivity contribution is 0.286. The third-order valence-electron chi connectivity index (χ3n) is 14.3. The molecule has 9 aromatic rings. The summed E-state index contributed by atoms with van der Waals surface area (Å²) in [6.07, 6.45) is 12.9. The van der Waals surface area contributed by atoms with Gasteiger partial charge in [0.25, 0.3) is 0 Å². The summed E-state index contributed by atoms with van der Waals surface area (Å²) in [6.45, 7) is 0.517. The number of hydrogen-bond acceptors (Lipinski definition) is 15. The zero-order valence-corrected chi connectivity index (χ0v) is 44.9. The fraction of sp³-hybridized carbons (Fsp3) is 0.250. The fourth-order valence-electron chi connectivity index (χ4n) is 10.9. The van der Waals surface area contributed by atoms with Crippen molar-refractivity contribution in [1.29, 1.82) is 0 Å². The van der Waals surface area contributed by atoms with Crippen molar-refractivity contribution in [1.82, 2.24) is 28.7 Å². The molecular weight excluding hydrogens is 985 g/mol. The molecule has 3 aromatic heterocycles. The molecule has 0 saturated heterocycles. The average Bonchev–Trinajstić information content (AvgIpc) is 4.13. The number of nitrogens with two attached hydrogens (primary N) is 6. The summed E-state index contributed by atoms with van der Waals surface area (Å²) >= 11 is 0. The molecule has 78 heavy (non-hydrogen) atoms. The maximum Gasteiger partial charge on any atom is 0.146 e. The van der Waals surface area contributed by atoms with E-state index in [4.69, 9.17) is 62.8 Å². The number of nitrogens with zero attached hydrogens (tertiary/aromatic N) is 6. The Labute approximate surface area is 453 Å². The van der Waals surface area contributed by atoms with Crippen LogP contribution in [0.1, 0.15) is 84.2 Å². The van der Waals surface area contributed by atoms with Crippen LogP contribution in [0, 0.1) is 0 Å². The van der Waals surface area contributed by atoms with Crippen molar-refractivity contribution >= 4 is 34.1 Å². The number of imidazole rings is 3. The first-order valence-corrected chi connectivity index (χ1v) is 25.5. The van der Waals surface area contributed by atoms with Crippen LogP contribution in [0.5, 0.6) is 34.5 Å². The Morgan fingerprint density at radius 3 is 0.654 bits per heavy atom. The molecule has 0 spiro atoms. The van der Waals surface area contributed by atoms with E-state index in [9.17, 15) is 0 Å². The summed E-state index contributed by atoms with van der Waals surface area (Å²) in [6, 6.07) is 23.1. The quantitative estimate of drug-likeness (QED) is 0.0633. The van der Waals surface area contributed by atoms with Gasteiger partial charge in [0.15, 0.2) is 0 Å². The molecule has 0 saturated carbocycles. The van der Waals surface area contributed by atoms with Gasteiger partial charge in [0.05, 0.1) is 21.3 Å². The maximum absolute atomic E-state index is 6.88. The van der Waals surface area contributed by atoms with E-state index in [1.807, 2.05) is 126 Å². The number of benzene rings is 6. The summed E-state index contributed by atoms with van der Waals surface area (Å²) < 4.78 is 45.5. The van der Waals surface area contributed by atoms with Gasteiger partial charge in [-0.3, -0.25) is 0 Å². The number of fused-ring (bicyclic) bond motifs is 12. The average molecular weight is 1050 g/mol. The lowest BCUT2D eigenvalue weighted by atomic mass is 9.90. The largest absolute Gasteiger partial charge is 0.496 e. The van der Waals surface area contributed by atoms with Gasteiger partial charge < -0.3 is 76.5 Å². The Bertz CT molecular complexity index is 3170. The Morgan fingerprint density at radius 2 is 0.500 bits per heavy atom. The first-order chi connectivity index (χ1) is 37.6. The van der Waals surface area contributed by atoms with Crippen molar-refractivity contribution in [2.24, 2.45) is 21.1 Å². The number of aromatic nitrogens is 6. The van der Waals surface area contributed by atoms with E-state index < -0.39 is 0 Å². The van der Waals surface area contributed by atoms with Gasteiger partial charge >= 0.3 is 0 Å². The minimum absolute atomic E-state index is 0.172. The molecule has 10 rings (SSSR count). The molecule has 0 amide bonds. The van der Waals surface area contributed by atoms with Gasteiger partial charge in [0.2, 0.25) is 0 Å². The zero-order valence-electron chi connectivity index (χ0n) is 44.9. The summed E-state index contributed by atoms with van der Waals surface area (Å²) in [5, 5.41) is 0. The molecule has 402 valence electrons. The van der Waals surface area contributed by atoms with Crippen molar-refractivity contribution in [2.75, 3.05) is 55.7 Å². The Balaban J connectivity index is 1.21. The van der Waals surface area contributed by atoms with Crippen LogP contribution in [0.4, 0.5) is 34.1 Å². The SMILES string of the molecule is COc1c2cc(N)cc1Cc1cc(N)cc(c1OCc1nccn1C)Cc1cc(N)cc(c1OC)Cc1cc(N)cc(c1OCc1nccn1C)Cc1cc(N)cc(c1OC)Cc1cc(N)cc(c1OCc1nccn1C)C2. The van der Waals surface area contributed by atoms with Crippen LogP contribution in [0.3, 0.4) is 0 Å². The fourth-order valence-corrected chi connectivity index (χ4v) is 10.9. The molecule has 18 nitrogen and oxygen atoms in total. The smallest absolute Gasteiger partial charge is 0.146 e. The minimum atomic E-state index is 0.172. The molecule has 0 aliphatic heterocycles. The first kappa shape index (κ1) is 52.0. The van der Waals surface area contributed by atoms with Gasteiger partial charge in [-0.25, -0.2) is 15.0 Å². The molecule has 3 heterocycles. The van der Waals surface area contributed by atoms with Gasteiger partial charge in [0, 0.05) is 198 Å².